The van der Waals surface area contributed by atoms with Crippen molar-refractivity contribution in [3.63, 3.8) is 0 Å². The van der Waals surface area contributed by atoms with E-state index in [4.69, 9.17) is 4.99 Å². The lowest BCUT2D eigenvalue weighted by Gasteiger charge is -2.40. The molecule has 3 heterocycles. The van der Waals surface area contributed by atoms with E-state index in [0.29, 0.717) is 6.04 Å². The van der Waals surface area contributed by atoms with Crippen LogP contribution in [0.2, 0.25) is 0 Å². The second-order valence-corrected chi connectivity index (χ2v) is 13.0. The molecule has 1 atom stereocenters. The molecule has 0 aromatic heterocycles. The van der Waals surface area contributed by atoms with Crippen molar-refractivity contribution in [1.29, 1.82) is 0 Å². The van der Waals surface area contributed by atoms with Gasteiger partial charge in [0.25, 0.3) is 0 Å². The summed E-state index contributed by atoms with van der Waals surface area (Å²) in [5.41, 5.74) is 10.9. The van der Waals surface area contributed by atoms with E-state index in [1.54, 1.807) is 5.57 Å². The van der Waals surface area contributed by atoms with E-state index in [0.717, 1.165) is 47.4 Å². The molecular formula is C38H59N5. The number of piperidine rings is 1. The lowest BCUT2D eigenvalue weighted by atomic mass is 9.88. The Hall–Kier alpha value is -2.92. The molecule has 5 nitrogen and oxygen atoms in total. The Morgan fingerprint density at radius 2 is 1.81 bits per heavy atom. The van der Waals surface area contributed by atoms with Gasteiger partial charge in [0.2, 0.25) is 0 Å². The molecule has 0 amide bonds. The Balaban J connectivity index is 0.000000436. The first-order valence-electron chi connectivity index (χ1n) is 16.6. The van der Waals surface area contributed by atoms with Gasteiger partial charge in [-0.05, 0) is 128 Å². The number of hydrogen-bond donors (Lipinski definition) is 0. The summed E-state index contributed by atoms with van der Waals surface area (Å²) < 4.78 is 0. The Morgan fingerprint density at radius 3 is 2.33 bits per heavy atom. The van der Waals surface area contributed by atoms with Crippen LogP contribution in [0.15, 0.2) is 92.0 Å². The Kier molecular flexibility index (Phi) is 13.1. The van der Waals surface area contributed by atoms with Crippen molar-refractivity contribution < 1.29 is 0 Å². The summed E-state index contributed by atoms with van der Waals surface area (Å²) in [4.78, 5) is 16.9. The van der Waals surface area contributed by atoms with Crippen LogP contribution in [0.4, 0.5) is 0 Å². The van der Waals surface area contributed by atoms with Gasteiger partial charge in [0.05, 0.1) is 17.1 Å². The van der Waals surface area contributed by atoms with Crippen molar-refractivity contribution in [3.05, 3.63) is 82.0 Å². The molecular weight excluding hydrogens is 526 g/mol. The van der Waals surface area contributed by atoms with Crippen molar-refractivity contribution in [2.45, 2.75) is 106 Å². The molecule has 5 heteroatoms. The third kappa shape index (κ3) is 9.04. The maximum Gasteiger partial charge on any atom is 0.140 e. The van der Waals surface area contributed by atoms with Crippen molar-refractivity contribution in [3.8, 4) is 0 Å². The second kappa shape index (κ2) is 16.2. The highest BCUT2D eigenvalue weighted by molar-refractivity contribution is 6.13. The van der Waals surface area contributed by atoms with Gasteiger partial charge in [-0.15, -0.1) is 0 Å². The number of likely N-dealkylation sites (tertiary alicyclic amines) is 1. The number of amidine groups is 1. The average Bonchev–Trinajstić information content (AvgIpc) is 2.97. The summed E-state index contributed by atoms with van der Waals surface area (Å²) in [6, 6.07) is 0.684. The van der Waals surface area contributed by atoms with E-state index < -0.39 is 0 Å². The zero-order chi connectivity index (χ0) is 31.7. The quantitative estimate of drug-likeness (QED) is 0.154. The molecule has 1 unspecified atom stereocenters. The zero-order valence-electron chi connectivity index (χ0n) is 29.1. The standard InChI is InChI=1S/C28H39N5.C10H20/c1-19(2)20(3)16-25(29-5)26-17-27(22-9-8-10-22)33-18-24(15-21(4)28(33)30-26)32-13-11-23(12-14-32)31(6)7;1-5-7-8-10(4)9(3)6-2/h15-18,23H,1,8-14H2,2-7H3;8-9H,5-7H2,1-4H3/b20-16+,29-25?;10-8-. The fourth-order valence-electron chi connectivity index (χ4n) is 5.68. The van der Waals surface area contributed by atoms with Gasteiger partial charge < -0.3 is 9.80 Å². The summed E-state index contributed by atoms with van der Waals surface area (Å²) in [7, 11) is 6.24. The highest BCUT2D eigenvalue weighted by atomic mass is 15.3. The fourth-order valence-corrected chi connectivity index (χ4v) is 5.68. The van der Waals surface area contributed by atoms with Gasteiger partial charge in [0.15, 0.2) is 0 Å². The van der Waals surface area contributed by atoms with Crippen LogP contribution in [0.1, 0.15) is 99.8 Å². The van der Waals surface area contributed by atoms with Gasteiger partial charge in [-0.3, -0.25) is 9.89 Å². The van der Waals surface area contributed by atoms with E-state index >= 15 is 0 Å². The van der Waals surface area contributed by atoms with E-state index in [2.05, 4.69) is 112 Å². The van der Waals surface area contributed by atoms with Crippen LogP contribution < -0.4 is 0 Å². The highest BCUT2D eigenvalue weighted by Gasteiger charge is 2.31. The van der Waals surface area contributed by atoms with Crippen molar-refractivity contribution in [2.75, 3.05) is 34.2 Å². The monoisotopic (exact) mass is 585 g/mol. The number of rotatable bonds is 9. The van der Waals surface area contributed by atoms with E-state index in [1.165, 1.54) is 73.9 Å². The number of hydrogen-bond acceptors (Lipinski definition) is 5. The zero-order valence-corrected chi connectivity index (χ0v) is 29.1. The predicted octanol–water partition coefficient (Wildman–Crippen LogP) is 9.22. The van der Waals surface area contributed by atoms with Gasteiger partial charge in [0.1, 0.15) is 5.84 Å². The molecule has 1 saturated carbocycles. The summed E-state index contributed by atoms with van der Waals surface area (Å²) in [5, 5.41) is 0. The molecule has 4 rings (SSSR count). The number of aliphatic imine (C=N–C) groups is 2. The molecule has 43 heavy (non-hydrogen) atoms. The topological polar surface area (TPSA) is 34.4 Å². The van der Waals surface area contributed by atoms with Gasteiger partial charge in [-0.25, -0.2) is 4.99 Å². The maximum atomic E-state index is 5.10. The Labute approximate surface area is 263 Å². The lowest BCUT2D eigenvalue weighted by Crippen LogP contribution is -2.43. The smallest absolute Gasteiger partial charge is 0.140 e. The molecule has 236 valence electrons. The van der Waals surface area contributed by atoms with Crippen LogP contribution >= 0.6 is 0 Å². The average molecular weight is 586 g/mol. The number of nitrogens with zero attached hydrogens (tertiary/aromatic N) is 5. The minimum absolute atomic E-state index is 0.684. The van der Waals surface area contributed by atoms with Crippen molar-refractivity contribution >= 4 is 11.5 Å². The summed E-state index contributed by atoms with van der Waals surface area (Å²) in [6.07, 6.45) is 21.2. The van der Waals surface area contributed by atoms with E-state index in [-0.39, 0.29) is 0 Å². The lowest BCUT2D eigenvalue weighted by molar-refractivity contribution is 0.172. The number of fused-ring (bicyclic) bond motifs is 1. The van der Waals surface area contributed by atoms with Crippen LogP contribution in [0.5, 0.6) is 0 Å². The highest BCUT2D eigenvalue weighted by Crippen LogP contribution is 2.37. The van der Waals surface area contributed by atoms with Gasteiger partial charge >= 0.3 is 0 Å². The molecule has 3 aliphatic heterocycles. The van der Waals surface area contributed by atoms with E-state index in [9.17, 15) is 0 Å². The molecule has 2 fully saturated rings. The molecule has 4 aliphatic rings. The molecule has 0 aromatic rings. The summed E-state index contributed by atoms with van der Waals surface area (Å²) in [6.45, 7) is 21.6. The van der Waals surface area contributed by atoms with Gasteiger partial charge in [-0.1, -0.05) is 51.0 Å². The number of allylic oxidation sites excluding steroid dienone is 8. The largest absolute Gasteiger partial charge is 0.370 e. The minimum Gasteiger partial charge on any atom is -0.370 e. The van der Waals surface area contributed by atoms with Crippen LogP contribution in [0.3, 0.4) is 0 Å². The van der Waals surface area contributed by atoms with Gasteiger partial charge in [-0.2, -0.15) is 0 Å². The Morgan fingerprint density at radius 1 is 1.14 bits per heavy atom. The summed E-state index contributed by atoms with van der Waals surface area (Å²) >= 11 is 0. The van der Waals surface area contributed by atoms with Gasteiger partial charge in [0, 0.05) is 38.1 Å². The SMILES string of the molecule is C=C(C)/C(C)=C/C(=NC)C1=CC(=C2CCC2)N2C=C(N3CCC(N(C)C)CC3)C=C(C)C2=N1.CCC/C=C(/C)C(C)CC. The molecule has 0 spiro atoms. The fraction of sp³-hybridized carbons (Fsp3) is 0.579. The first-order valence-corrected chi connectivity index (χ1v) is 16.6. The van der Waals surface area contributed by atoms with Crippen LogP contribution in [0.25, 0.3) is 0 Å². The Bertz CT molecular complexity index is 1250. The maximum absolute atomic E-state index is 5.10. The number of unbranched alkanes of at least 4 members (excludes halogenated alkanes) is 1. The summed E-state index contributed by atoms with van der Waals surface area (Å²) in [5.74, 6) is 1.81. The normalized spacial score (nSPS) is 20.9. The molecule has 0 radical (unpaired) electrons. The molecule has 1 saturated heterocycles. The molecule has 1 aliphatic carbocycles. The first kappa shape index (κ1) is 34.6. The van der Waals surface area contributed by atoms with E-state index in [1.807, 2.05) is 14.0 Å². The van der Waals surface area contributed by atoms with Crippen LogP contribution in [-0.4, -0.2) is 66.5 Å². The predicted molar refractivity (Wildman–Crippen MR) is 188 cm³/mol. The van der Waals surface area contributed by atoms with Crippen LogP contribution in [-0.2, 0) is 0 Å². The molecule has 0 N–H and O–H groups in total. The third-order valence-corrected chi connectivity index (χ3v) is 9.52. The molecule has 0 bridgehead atoms. The second-order valence-electron chi connectivity index (χ2n) is 13.0. The first-order chi connectivity index (χ1) is 20.5. The van der Waals surface area contributed by atoms with Crippen LogP contribution in [0, 0.1) is 5.92 Å². The molecule has 0 aromatic carbocycles. The third-order valence-electron chi connectivity index (χ3n) is 9.52. The van der Waals surface area contributed by atoms with Crippen molar-refractivity contribution in [2.24, 2.45) is 15.9 Å². The minimum atomic E-state index is 0.684. The van der Waals surface area contributed by atoms with Crippen molar-refractivity contribution in [1.82, 2.24) is 14.7 Å².